The van der Waals surface area contributed by atoms with E-state index in [1.54, 1.807) is 12.1 Å². The Morgan fingerprint density at radius 1 is 0.578 bits per heavy atom. The van der Waals surface area contributed by atoms with E-state index < -0.39 is 87.1 Å². The van der Waals surface area contributed by atoms with Crippen LogP contribution in [0.25, 0.3) is 0 Å². The van der Waals surface area contributed by atoms with Crippen LogP contribution in [0.5, 0.6) is 0 Å². The lowest BCUT2D eigenvalue weighted by molar-refractivity contribution is -0.138. The van der Waals surface area contributed by atoms with Crippen molar-refractivity contribution < 1.29 is 54.3 Å². The van der Waals surface area contributed by atoms with Crippen molar-refractivity contribution in [1.29, 1.82) is 0 Å². The maximum absolute atomic E-state index is 14.5. The number of nitrogens with two attached hydrogens (primary N) is 1. The van der Waals surface area contributed by atoms with E-state index in [-0.39, 0.29) is 49.9 Å². The van der Waals surface area contributed by atoms with Crippen molar-refractivity contribution >= 4 is 29.6 Å². The van der Waals surface area contributed by atoms with E-state index >= 15 is 0 Å². The number of nitrogens with one attached hydrogen (secondary N) is 1. The molecule has 15 nitrogen and oxygen atoms in total. The molecule has 23 heteroatoms. The molecule has 4 aliphatic heterocycles. The van der Waals surface area contributed by atoms with Gasteiger partial charge >= 0.3 is 12.4 Å². The Morgan fingerprint density at radius 3 is 1.38 bits per heavy atom. The van der Waals surface area contributed by atoms with Gasteiger partial charge in [0.25, 0.3) is 23.6 Å². The maximum atomic E-state index is 14.5. The summed E-state index contributed by atoms with van der Waals surface area (Å²) in [5, 5.41) is 3.30. The number of carbonyl (C=O) groups excluding carboxylic acids is 4. The van der Waals surface area contributed by atoms with Gasteiger partial charge in [0.05, 0.1) is 83.3 Å². The van der Waals surface area contributed by atoms with Crippen LogP contribution in [0, 0.1) is 23.5 Å². The average molecular weight is 1250 g/mol. The van der Waals surface area contributed by atoms with Crippen molar-refractivity contribution in [3.05, 3.63) is 201 Å². The first kappa shape index (κ1) is 65.8. The number of carbonyl (C=O) groups is 4. The van der Waals surface area contributed by atoms with E-state index in [4.69, 9.17) is 5.73 Å². The predicted octanol–water partition coefficient (Wildman–Crippen LogP) is 13.8. The highest BCUT2D eigenvalue weighted by Gasteiger charge is 2.53. The molecule has 1 fully saturated rings. The molecule has 6 aromatic rings. The number of alkyl halides is 6. The fourth-order valence-corrected chi connectivity index (χ4v) is 12.2. The van der Waals surface area contributed by atoms with Gasteiger partial charge in [-0.15, -0.1) is 0 Å². The van der Waals surface area contributed by atoms with E-state index in [1.165, 1.54) is 105 Å². The molecule has 4 aromatic carbocycles. The summed E-state index contributed by atoms with van der Waals surface area (Å²) in [6, 6.07) is 16.8. The van der Waals surface area contributed by atoms with Crippen LogP contribution < -0.4 is 11.1 Å². The van der Waals surface area contributed by atoms with Crippen molar-refractivity contribution in [2.75, 3.05) is 0 Å². The van der Waals surface area contributed by atoms with Crippen molar-refractivity contribution in [1.82, 2.24) is 44.9 Å². The predicted molar refractivity (Wildman–Crippen MR) is 321 cm³/mol. The van der Waals surface area contributed by atoms with Crippen molar-refractivity contribution in [2.24, 2.45) is 22.6 Å². The van der Waals surface area contributed by atoms with Crippen LogP contribution >= 0.6 is 0 Å². The molecule has 2 unspecified atom stereocenters. The molecule has 2 aromatic heterocycles. The molecule has 1 saturated heterocycles. The van der Waals surface area contributed by atoms with Crippen LogP contribution in [0.4, 0.5) is 35.1 Å². The first-order valence-electron chi connectivity index (χ1n) is 30.3. The SMILES string of the molecule is C=C1N[C@](CCC(C)C)(c2ccc(F)cc2)C(=O)N1C(CCCC)c1ccc(C(F)(F)F)c(C(=O)N2Cc3nccnc3C2)c1.CCCCC(c1ccc(C(F)(F)F)c(C(=O)N2Cc3nccnc3C2)c1)N1C(=O)[C@@](CCC(C)C)(c2ccc(F)cc2)N=C1N. The Bertz CT molecular complexity index is 3480. The molecular weight excluding hydrogens is 1170 g/mol. The van der Waals surface area contributed by atoms with Crippen LogP contribution in [0.2, 0.25) is 0 Å². The molecule has 0 aliphatic carbocycles. The number of hydrogen-bond donors (Lipinski definition) is 2. The lowest BCUT2D eigenvalue weighted by Gasteiger charge is -2.32. The number of amides is 4. The smallest absolute Gasteiger partial charge is 0.369 e. The summed E-state index contributed by atoms with van der Waals surface area (Å²) < 4.78 is 113. The first-order valence-corrected chi connectivity index (χ1v) is 30.3. The summed E-state index contributed by atoms with van der Waals surface area (Å²) in [4.78, 5) is 83.4. The van der Waals surface area contributed by atoms with Gasteiger partial charge in [-0.1, -0.05) is 110 Å². The summed E-state index contributed by atoms with van der Waals surface area (Å²) >= 11 is 0. The number of guanidine groups is 1. The number of halogens is 8. The summed E-state index contributed by atoms with van der Waals surface area (Å²) in [6.45, 7) is 16.4. The first-order chi connectivity index (χ1) is 42.7. The monoisotopic (exact) mass is 1250 g/mol. The van der Waals surface area contributed by atoms with Crippen LogP contribution in [-0.2, 0) is 59.2 Å². The minimum absolute atomic E-state index is 0.0308. The lowest BCUT2D eigenvalue weighted by Crippen LogP contribution is -2.45. The molecule has 0 radical (unpaired) electrons. The standard InChI is InChI=1S/C34H37F4N5O2.C33H36F4N6O2/c1-5-6-7-30(43-22(4)41-33(32(43)45,15-14-21(2)3)24-9-11-25(35)12-10-24)23-8-13-27(34(36,37)38)26(18-23)31(44)42-19-28-29(20-42)40-17-16-39-28;1-4-5-6-28(43-30(45)32(41-31(43)38,14-13-20(2)3)22-8-10-23(34)11-9-22)21-7-12-25(33(35,36)37)24(17-21)29(44)42-18-26-27(19-42)40-16-15-39-26/h8-13,16-18,21,30,41H,4-7,14-15,19-20H2,1-3H3;7-12,15-17,20,28H,4-6,13-14,18-19H2,1-3H3,(H2,38,41)/t30?,33-;28?,32-/m11/s1. The van der Waals surface area contributed by atoms with Crippen molar-refractivity contribution in [3.8, 4) is 0 Å². The highest BCUT2D eigenvalue weighted by molar-refractivity contribution is 6.08. The molecule has 0 spiro atoms. The summed E-state index contributed by atoms with van der Waals surface area (Å²) in [5.41, 5.74) is 4.61. The number of nitrogens with zero attached hydrogens (tertiary/aromatic N) is 9. The van der Waals surface area contributed by atoms with Crippen molar-refractivity contribution in [2.45, 2.75) is 167 Å². The Labute approximate surface area is 517 Å². The number of benzene rings is 4. The van der Waals surface area contributed by atoms with Crippen LogP contribution in [0.1, 0.15) is 195 Å². The minimum Gasteiger partial charge on any atom is -0.369 e. The third-order valence-corrected chi connectivity index (χ3v) is 17.1. The third kappa shape index (κ3) is 13.6. The van der Waals surface area contributed by atoms with Crippen LogP contribution in [-0.4, -0.2) is 69.1 Å². The van der Waals surface area contributed by atoms with E-state index in [2.05, 4.69) is 36.8 Å². The van der Waals surface area contributed by atoms with Gasteiger partial charge < -0.3 is 20.9 Å². The highest BCUT2D eigenvalue weighted by Crippen LogP contribution is 2.46. The van der Waals surface area contributed by atoms with Gasteiger partial charge in [0, 0.05) is 24.8 Å². The molecule has 476 valence electrons. The number of aliphatic imine (C=N–C) groups is 1. The second-order valence-electron chi connectivity index (χ2n) is 24.2. The lowest BCUT2D eigenvalue weighted by atomic mass is 9.83. The summed E-state index contributed by atoms with van der Waals surface area (Å²) in [7, 11) is 0. The Morgan fingerprint density at radius 2 is 0.978 bits per heavy atom. The zero-order valence-electron chi connectivity index (χ0n) is 51.1. The summed E-state index contributed by atoms with van der Waals surface area (Å²) in [6.07, 6.45) is 1.92. The van der Waals surface area contributed by atoms with E-state index in [9.17, 15) is 54.3 Å². The molecule has 10 rings (SSSR count). The molecular formula is C67H73F8N11O4. The molecule has 4 atom stereocenters. The number of fused-ring (bicyclic) bond motifs is 2. The Kier molecular flexibility index (Phi) is 19.6. The maximum Gasteiger partial charge on any atom is 0.417 e. The zero-order chi connectivity index (χ0) is 65.0. The quantitative estimate of drug-likeness (QED) is 0.0698. The molecule has 90 heavy (non-hydrogen) atoms. The second kappa shape index (κ2) is 26.8. The molecule has 0 bridgehead atoms. The average Bonchev–Trinajstić information content (AvgIpc) is 1.58. The summed E-state index contributed by atoms with van der Waals surface area (Å²) in [5.74, 6) is -2.55. The second-order valence-corrected chi connectivity index (χ2v) is 24.2. The fourth-order valence-electron chi connectivity index (χ4n) is 12.2. The van der Waals surface area contributed by atoms with E-state index in [0.717, 1.165) is 25.0 Å². The zero-order valence-corrected chi connectivity index (χ0v) is 51.1. The topological polar surface area (TPSA) is 183 Å². The van der Waals surface area contributed by atoms with Crippen LogP contribution in [0.15, 0.2) is 127 Å². The molecule has 4 aliphatic rings. The van der Waals surface area contributed by atoms with E-state index in [0.29, 0.717) is 102 Å². The van der Waals surface area contributed by atoms with Gasteiger partial charge in [0.2, 0.25) is 0 Å². The molecule has 4 amide bonds. The van der Waals surface area contributed by atoms with Crippen LogP contribution in [0.3, 0.4) is 0 Å². The number of aromatic nitrogens is 4. The van der Waals surface area contributed by atoms with Gasteiger partial charge in [0.1, 0.15) is 23.0 Å². The van der Waals surface area contributed by atoms with Gasteiger partial charge in [-0.3, -0.25) is 48.9 Å². The number of rotatable bonds is 20. The Hall–Kier alpha value is -8.63. The third-order valence-electron chi connectivity index (χ3n) is 17.1. The number of unbranched alkanes of at least 4 members (excludes halogenated alkanes) is 2. The molecule has 3 N–H and O–H groups in total. The molecule has 0 saturated carbocycles. The molecule has 6 heterocycles. The van der Waals surface area contributed by atoms with Gasteiger partial charge in [-0.2, -0.15) is 26.3 Å². The number of hydrogen-bond acceptors (Lipinski definition) is 11. The minimum atomic E-state index is -4.80. The largest absolute Gasteiger partial charge is 0.417 e. The Balaban J connectivity index is 0.000000213. The van der Waals surface area contributed by atoms with Gasteiger partial charge in [-0.25, -0.2) is 13.8 Å². The van der Waals surface area contributed by atoms with Crippen molar-refractivity contribution in [3.63, 3.8) is 0 Å². The normalized spacial score (nSPS) is 18.8. The van der Waals surface area contributed by atoms with Gasteiger partial charge in [-0.05, 0) is 121 Å². The van der Waals surface area contributed by atoms with E-state index in [1.807, 2.05) is 41.5 Å². The fraction of sp³-hybridized carbons (Fsp3) is 0.418. The highest BCUT2D eigenvalue weighted by atomic mass is 19.4. The van der Waals surface area contributed by atoms with Gasteiger partial charge in [0.15, 0.2) is 11.5 Å².